The summed E-state index contributed by atoms with van der Waals surface area (Å²) >= 11 is 23.5. The van der Waals surface area contributed by atoms with Gasteiger partial charge in [-0.05, 0) is 31.1 Å². The van der Waals surface area contributed by atoms with Crippen LogP contribution < -0.4 is 0 Å². The Morgan fingerprint density at radius 2 is 1.00 bits per heavy atom. The van der Waals surface area contributed by atoms with Crippen LogP contribution in [0.1, 0.15) is 40.0 Å². The molecule has 0 fully saturated rings. The van der Waals surface area contributed by atoms with Crippen molar-refractivity contribution in [3.8, 4) is 0 Å². The molecule has 0 amide bonds. The lowest BCUT2D eigenvalue weighted by atomic mass is 10.4. The quantitative estimate of drug-likeness (QED) is 0.336. The number of alkyl halides is 3. The van der Waals surface area contributed by atoms with Crippen molar-refractivity contribution in [2.24, 2.45) is 0 Å². The fraction of sp³-hybridized carbons (Fsp3) is 1.00. The Kier molecular flexibility index (Phi) is 12.7. The number of hydrogen-bond donors (Lipinski definition) is 0. The van der Waals surface area contributed by atoms with Crippen molar-refractivity contribution < 1.29 is 13.6 Å². The van der Waals surface area contributed by atoms with Gasteiger partial charge in [0.1, 0.15) is 0 Å². The Morgan fingerprint density at radius 3 is 1.20 bits per heavy atom. The molecule has 8 heteroatoms. The van der Waals surface area contributed by atoms with E-state index in [0.29, 0.717) is 19.8 Å². The first kappa shape index (κ1) is 21.4. The summed E-state index contributed by atoms with van der Waals surface area (Å²) in [5.41, 5.74) is 0. The van der Waals surface area contributed by atoms with Gasteiger partial charge in [0, 0.05) is 0 Å². The molecule has 0 bridgehead atoms. The summed E-state index contributed by atoms with van der Waals surface area (Å²) < 4.78 is 16.8. The van der Waals surface area contributed by atoms with E-state index in [0.717, 1.165) is 19.3 Å². The van der Waals surface area contributed by atoms with Crippen molar-refractivity contribution in [2.75, 3.05) is 19.8 Å². The number of halogens is 3. The molecule has 0 heterocycles. The summed E-state index contributed by atoms with van der Waals surface area (Å²) in [5.74, 6) is 0. The van der Waals surface area contributed by atoms with Gasteiger partial charge in [-0.3, -0.25) is 0 Å². The van der Waals surface area contributed by atoms with Crippen molar-refractivity contribution in [1.29, 1.82) is 0 Å². The highest BCUT2D eigenvalue weighted by Crippen LogP contribution is 2.50. The molecular weight excluding hydrogens is 362 g/mol. The Balaban J connectivity index is 4.45. The zero-order valence-corrected chi connectivity index (χ0v) is 16.2. The van der Waals surface area contributed by atoms with Gasteiger partial charge in [-0.2, -0.15) is 0 Å². The molecule has 3 nitrogen and oxygen atoms in total. The van der Waals surface area contributed by atoms with Gasteiger partial charge >= 0.3 is 6.72 Å². The Hall–Kier alpha value is 1.40. The first-order valence-corrected chi connectivity index (χ1v) is 10.7. The molecule has 0 rings (SSSR count). The first-order valence-electron chi connectivity index (χ1n) is 6.82. The number of rotatable bonds is 12. The van der Waals surface area contributed by atoms with E-state index in [1.54, 1.807) is 0 Å². The molecule has 3 atom stereocenters. The molecule has 122 valence electrons. The topological polar surface area (TPSA) is 27.7 Å². The molecule has 0 aromatic carbocycles. The van der Waals surface area contributed by atoms with Gasteiger partial charge in [-0.1, -0.05) is 20.8 Å². The minimum absolute atomic E-state index is 0.111. The van der Waals surface area contributed by atoms with Crippen molar-refractivity contribution in [1.82, 2.24) is 0 Å². The van der Waals surface area contributed by atoms with E-state index in [1.807, 2.05) is 20.8 Å². The monoisotopic (exact) mass is 384 g/mol. The third-order valence-corrected chi connectivity index (χ3v) is 6.22. The maximum Gasteiger partial charge on any atom is 0.327 e. The van der Waals surface area contributed by atoms with Crippen molar-refractivity contribution >= 4 is 53.3 Å². The molecule has 0 aliphatic carbocycles. The molecular formula is C12H24Cl3O3PS. The molecule has 0 aliphatic heterocycles. The van der Waals surface area contributed by atoms with Crippen LogP contribution in [0.15, 0.2) is 0 Å². The van der Waals surface area contributed by atoms with Crippen LogP contribution in [0, 0.1) is 0 Å². The molecule has 0 N–H and O–H groups in total. The van der Waals surface area contributed by atoms with Gasteiger partial charge in [-0.15, -0.1) is 34.8 Å². The lowest BCUT2D eigenvalue weighted by molar-refractivity contribution is 0.155. The van der Waals surface area contributed by atoms with Gasteiger partial charge in [0.15, 0.2) is 0 Å². The summed E-state index contributed by atoms with van der Waals surface area (Å²) in [4.78, 5) is 0. The molecule has 3 unspecified atom stereocenters. The summed E-state index contributed by atoms with van der Waals surface area (Å²) in [6.07, 6.45) is 2.37. The highest BCUT2D eigenvalue weighted by molar-refractivity contribution is 8.07. The average molecular weight is 386 g/mol. The van der Waals surface area contributed by atoms with Gasteiger partial charge in [0.2, 0.25) is 0 Å². The van der Waals surface area contributed by atoms with Crippen LogP contribution in [0.4, 0.5) is 0 Å². The minimum Gasteiger partial charge on any atom is -0.307 e. The smallest absolute Gasteiger partial charge is 0.307 e. The number of hydrogen-bond acceptors (Lipinski definition) is 4. The summed E-state index contributed by atoms with van der Waals surface area (Å²) in [6.45, 7) is 3.99. The maximum atomic E-state index is 6.03. The molecule has 0 saturated carbocycles. The van der Waals surface area contributed by atoms with E-state index >= 15 is 0 Å². The molecule has 0 spiro atoms. The van der Waals surface area contributed by atoms with Crippen LogP contribution in [-0.2, 0) is 25.4 Å². The van der Waals surface area contributed by atoms with Crippen LogP contribution >= 0.6 is 41.5 Å². The second kappa shape index (κ2) is 11.9. The normalized spacial score (nSPS) is 19.3. The first-order chi connectivity index (χ1) is 9.36. The van der Waals surface area contributed by atoms with Gasteiger partial charge in [0.25, 0.3) is 0 Å². The summed E-state index contributed by atoms with van der Waals surface area (Å²) in [6, 6.07) is 0. The highest BCUT2D eigenvalue weighted by atomic mass is 35.5. The lowest BCUT2D eigenvalue weighted by Crippen LogP contribution is -2.15. The summed E-state index contributed by atoms with van der Waals surface area (Å²) in [5, 5.41) is -0.332. The minimum atomic E-state index is -2.84. The van der Waals surface area contributed by atoms with Crippen molar-refractivity contribution in [2.45, 2.75) is 56.2 Å². The fourth-order valence-electron chi connectivity index (χ4n) is 0.982. The Bertz CT molecular complexity index is 254. The zero-order valence-electron chi connectivity index (χ0n) is 12.2. The highest BCUT2D eigenvalue weighted by Gasteiger charge is 2.24. The van der Waals surface area contributed by atoms with Crippen molar-refractivity contribution in [3.05, 3.63) is 0 Å². The van der Waals surface area contributed by atoms with E-state index in [-0.39, 0.29) is 16.1 Å². The predicted molar refractivity (Wildman–Crippen MR) is 91.9 cm³/mol. The maximum absolute atomic E-state index is 6.03. The summed E-state index contributed by atoms with van der Waals surface area (Å²) in [7, 11) is 0. The van der Waals surface area contributed by atoms with E-state index in [2.05, 4.69) is 0 Å². The molecule has 0 aliphatic rings. The van der Waals surface area contributed by atoms with Crippen LogP contribution in [0.2, 0.25) is 0 Å². The van der Waals surface area contributed by atoms with Gasteiger partial charge in [-0.25, -0.2) is 0 Å². The largest absolute Gasteiger partial charge is 0.327 e. The third kappa shape index (κ3) is 10.2. The predicted octanol–water partition coefficient (Wildman–Crippen LogP) is 5.31. The van der Waals surface area contributed by atoms with Crippen LogP contribution in [0.5, 0.6) is 0 Å². The Morgan fingerprint density at radius 1 is 0.750 bits per heavy atom. The van der Waals surface area contributed by atoms with E-state index in [9.17, 15) is 0 Å². The van der Waals surface area contributed by atoms with E-state index in [1.165, 1.54) is 0 Å². The molecule has 20 heavy (non-hydrogen) atoms. The third-order valence-electron chi connectivity index (χ3n) is 2.57. The fourth-order valence-corrected chi connectivity index (χ4v) is 3.29. The van der Waals surface area contributed by atoms with Gasteiger partial charge in [0.05, 0.1) is 36.0 Å². The zero-order chi connectivity index (χ0) is 15.6. The van der Waals surface area contributed by atoms with Crippen LogP contribution in [0.3, 0.4) is 0 Å². The lowest BCUT2D eigenvalue weighted by Gasteiger charge is -2.24. The average Bonchev–Trinajstić information content (AvgIpc) is 2.47. The van der Waals surface area contributed by atoms with Gasteiger partial charge < -0.3 is 13.6 Å². The van der Waals surface area contributed by atoms with Crippen LogP contribution in [0.25, 0.3) is 0 Å². The molecule has 0 saturated heterocycles. The Labute approximate surface area is 142 Å². The standard InChI is InChI=1S/C12H24Cl3O3PS/c1-4-10(13)7-16-19(20,17-8-11(14)5-2)18-9-12(15)6-3/h10-12H,4-9H2,1-3H3. The van der Waals surface area contributed by atoms with Crippen LogP contribution in [-0.4, -0.2) is 36.0 Å². The molecule has 0 radical (unpaired) electrons. The van der Waals surface area contributed by atoms with E-state index < -0.39 is 6.72 Å². The molecule has 0 aromatic heterocycles. The second-order valence-electron chi connectivity index (χ2n) is 4.35. The molecule has 0 aromatic rings. The SMILES string of the molecule is CCC(Cl)COP(=S)(OCC(Cl)CC)OCC(Cl)CC. The van der Waals surface area contributed by atoms with Crippen molar-refractivity contribution in [3.63, 3.8) is 0 Å². The second-order valence-corrected chi connectivity index (χ2v) is 9.21. The van der Waals surface area contributed by atoms with E-state index in [4.69, 9.17) is 60.2 Å².